The fourth-order valence-corrected chi connectivity index (χ4v) is 3.98. The van der Waals surface area contributed by atoms with Crippen LogP contribution in [0.2, 0.25) is 0 Å². The molecule has 114 valence electrons. The maximum Gasteiger partial charge on any atom is 0.0398 e. The molecule has 2 aromatic rings. The number of hydrogen-bond donors (Lipinski definition) is 1. The largest absolute Gasteiger partial charge is 0.371 e. The topological polar surface area (TPSA) is 15.3 Å². The van der Waals surface area contributed by atoms with Gasteiger partial charge in [-0.05, 0) is 55.0 Å². The van der Waals surface area contributed by atoms with E-state index in [1.165, 1.54) is 54.6 Å². The van der Waals surface area contributed by atoms with Crippen molar-refractivity contribution in [3.05, 3.63) is 65.2 Å². The van der Waals surface area contributed by atoms with Crippen LogP contribution in [0.15, 0.2) is 48.5 Å². The Hall–Kier alpha value is -1.80. The lowest BCUT2D eigenvalue weighted by atomic mass is 9.92. The van der Waals surface area contributed by atoms with E-state index in [9.17, 15) is 0 Å². The second-order valence-corrected chi connectivity index (χ2v) is 6.46. The number of para-hydroxylation sites is 1. The van der Waals surface area contributed by atoms with Gasteiger partial charge in [-0.3, -0.25) is 0 Å². The molecule has 2 aromatic carbocycles. The van der Waals surface area contributed by atoms with Gasteiger partial charge in [0, 0.05) is 24.8 Å². The molecule has 0 aliphatic carbocycles. The molecular formula is C20H24N2. The van der Waals surface area contributed by atoms with Gasteiger partial charge in [0.2, 0.25) is 0 Å². The van der Waals surface area contributed by atoms with Crippen LogP contribution in [0.3, 0.4) is 0 Å². The average molecular weight is 292 g/mol. The van der Waals surface area contributed by atoms with Crippen molar-refractivity contribution in [3.8, 4) is 0 Å². The summed E-state index contributed by atoms with van der Waals surface area (Å²) >= 11 is 0. The zero-order chi connectivity index (χ0) is 14.8. The number of nitrogens with zero attached hydrogens (tertiary/aromatic N) is 1. The Morgan fingerprint density at radius 3 is 2.73 bits per heavy atom. The lowest BCUT2D eigenvalue weighted by molar-refractivity contribution is 0.470. The first-order chi connectivity index (χ1) is 10.9. The third-order valence-electron chi connectivity index (χ3n) is 5.11. The minimum absolute atomic E-state index is 0.513. The van der Waals surface area contributed by atoms with Crippen LogP contribution in [-0.2, 0) is 12.8 Å². The summed E-state index contributed by atoms with van der Waals surface area (Å²) in [5.74, 6) is 0. The third kappa shape index (κ3) is 2.64. The molecule has 0 radical (unpaired) electrons. The molecule has 0 fully saturated rings. The van der Waals surface area contributed by atoms with E-state index in [2.05, 4.69) is 58.7 Å². The first-order valence-electron chi connectivity index (χ1n) is 8.56. The number of benzene rings is 2. The van der Waals surface area contributed by atoms with Crippen molar-refractivity contribution in [2.75, 3.05) is 24.5 Å². The fraction of sp³-hybridized carbons (Fsp3) is 0.400. The van der Waals surface area contributed by atoms with Gasteiger partial charge in [0.15, 0.2) is 0 Å². The van der Waals surface area contributed by atoms with Crippen molar-refractivity contribution in [2.24, 2.45) is 0 Å². The van der Waals surface area contributed by atoms with E-state index in [1.54, 1.807) is 0 Å². The highest BCUT2D eigenvalue weighted by Gasteiger charge is 2.21. The number of nitrogens with one attached hydrogen (secondary N) is 1. The van der Waals surface area contributed by atoms with Crippen molar-refractivity contribution in [2.45, 2.75) is 31.7 Å². The molecule has 2 heteroatoms. The van der Waals surface area contributed by atoms with Crippen LogP contribution in [-0.4, -0.2) is 19.6 Å². The number of aryl methyl sites for hydroxylation is 1. The Morgan fingerprint density at radius 1 is 0.955 bits per heavy atom. The zero-order valence-electron chi connectivity index (χ0n) is 13.1. The van der Waals surface area contributed by atoms with Crippen LogP contribution in [0.4, 0.5) is 5.69 Å². The molecule has 22 heavy (non-hydrogen) atoms. The second-order valence-electron chi connectivity index (χ2n) is 6.46. The van der Waals surface area contributed by atoms with E-state index >= 15 is 0 Å². The molecular weight excluding hydrogens is 268 g/mol. The van der Waals surface area contributed by atoms with Crippen LogP contribution in [0.1, 0.15) is 35.6 Å². The number of hydrogen-bond acceptors (Lipinski definition) is 2. The zero-order valence-corrected chi connectivity index (χ0v) is 13.1. The number of anilines is 1. The monoisotopic (exact) mass is 292 g/mol. The number of fused-ring (bicyclic) bond motifs is 2. The molecule has 0 aromatic heterocycles. The molecule has 0 spiro atoms. The predicted octanol–water partition coefficient (Wildman–Crippen LogP) is 3.72. The van der Waals surface area contributed by atoms with Crippen LogP contribution in [0.5, 0.6) is 0 Å². The van der Waals surface area contributed by atoms with Crippen LogP contribution in [0, 0.1) is 0 Å². The van der Waals surface area contributed by atoms with Gasteiger partial charge in [0.05, 0.1) is 0 Å². The maximum atomic E-state index is 3.71. The molecule has 0 amide bonds. The van der Waals surface area contributed by atoms with Gasteiger partial charge in [0.1, 0.15) is 0 Å². The summed E-state index contributed by atoms with van der Waals surface area (Å²) in [6, 6.07) is 18.4. The summed E-state index contributed by atoms with van der Waals surface area (Å²) in [4.78, 5) is 2.58. The van der Waals surface area contributed by atoms with Crippen molar-refractivity contribution in [3.63, 3.8) is 0 Å². The van der Waals surface area contributed by atoms with Crippen LogP contribution < -0.4 is 10.2 Å². The Morgan fingerprint density at radius 2 is 1.77 bits per heavy atom. The summed E-state index contributed by atoms with van der Waals surface area (Å²) in [7, 11) is 0. The minimum atomic E-state index is 0.513. The SMILES string of the molecule is c1ccc2c(c1)CCNC2CCN1CCCc2ccccc21. The van der Waals surface area contributed by atoms with E-state index in [1.807, 2.05) is 0 Å². The van der Waals surface area contributed by atoms with Crippen LogP contribution >= 0.6 is 0 Å². The average Bonchev–Trinajstić information content (AvgIpc) is 2.60. The van der Waals surface area contributed by atoms with E-state index in [0.717, 1.165) is 13.1 Å². The number of rotatable bonds is 3. The third-order valence-corrected chi connectivity index (χ3v) is 5.11. The van der Waals surface area contributed by atoms with Gasteiger partial charge in [-0.25, -0.2) is 0 Å². The van der Waals surface area contributed by atoms with E-state index in [0.29, 0.717) is 6.04 Å². The van der Waals surface area contributed by atoms with Gasteiger partial charge < -0.3 is 10.2 Å². The van der Waals surface area contributed by atoms with Gasteiger partial charge in [0.25, 0.3) is 0 Å². The highest BCUT2D eigenvalue weighted by atomic mass is 15.1. The molecule has 1 N–H and O–H groups in total. The molecule has 1 unspecified atom stereocenters. The Bertz CT molecular complexity index is 592. The Kier molecular flexibility index (Phi) is 3.86. The van der Waals surface area contributed by atoms with Crippen molar-refractivity contribution in [1.82, 2.24) is 5.32 Å². The first-order valence-corrected chi connectivity index (χ1v) is 8.56. The molecule has 2 aliphatic heterocycles. The Labute approximate surface area is 133 Å². The quantitative estimate of drug-likeness (QED) is 0.927. The predicted molar refractivity (Wildman–Crippen MR) is 92.5 cm³/mol. The van der Waals surface area contributed by atoms with Crippen molar-refractivity contribution in [1.29, 1.82) is 0 Å². The molecule has 0 bridgehead atoms. The second kappa shape index (κ2) is 6.13. The van der Waals surface area contributed by atoms with Crippen molar-refractivity contribution < 1.29 is 0 Å². The van der Waals surface area contributed by atoms with Crippen molar-refractivity contribution >= 4 is 5.69 Å². The smallest absolute Gasteiger partial charge is 0.0398 e. The highest BCUT2D eigenvalue weighted by molar-refractivity contribution is 5.55. The normalized spacial score (nSPS) is 20.4. The summed E-state index contributed by atoms with van der Waals surface area (Å²) in [6.07, 6.45) is 4.87. The fourth-order valence-electron chi connectivity index (χ4n) is 3.98. The molecule has 4 rings (SSSR count). The summed E-state index contributed by atoms with van der Waals surface area (Å²) in [6.45, 7) is 3.45. The lowest BCUT2D eigenvalue weighted by Gasteiger charge is -2.34. The van der Waals surface area contributed by atoms with Gasteiger partial charge in [-0.1, -0.05) is 42.5 Å². The van der Waals surface area contributed by atoms with E-state index in [4.69, 9.17) is 0 Å². The minimum Gasteiger partial charge on any atom is -0.371 e. The summed E-state index contributed by atoms with van der Waals surface area (Å²) < 4.78 is 0. The first kappa shape index (κ1) is 13.8. The molecule has 0 saturated carbocycles. The molecule has 1 atom stereocenters. The van der Waals surface area contributed by atoms with Gasteiger partial charge >= 0.3 is 0 Å². The molecule has 2 heterocycles. The highest BCUT2D eigenvalue weighted by Crippen LogP contribution is 2.29. The van der Waals surface area contributed by atoms with E-state index < -0.39 is 0 Å². The molecule has 2 nitrogen and oxygen atoms in total. The summed E-state index contributed by atoms with van der Waals surface area (Å²) in [5.41, 5.74) is 6.02. The molecule has 0 saturated heterocycles. The van der Waals surface area contributed by atoms with E-state index in [-0.39, 0.29) is 0 Å². The van der Waals surface area contributed by atoms with Gasteiger partial charge in [-0.2, -0.15) is 0 Å². The van der Waals surface area contributed by atoms with Crippen LogP contribution in [0.25, 0.3) is 0 Å². The standard InChI is InChI=1S/C20H24N2/c1-3-9-18-16(6-1)11-13-21-19(18)12-15-22-14-5-8-17-7-2-4-10-20(17)22/h1-4,6-7,9-10,19,21H,5,8,11-15H2. The maximum absolute atomic E-state index is 3.71. The lowest BCUT2D eigenvalue weighted by Crippen LogP contribution is -2.35. The Balaban J connectivity index is 1.48. The molecule has 2 aliphatic rings. The van der Waals surface area contributed by atoms with Gasteiger partial charge in [-0.15, -0.1) is 0 Å². The summed E-state index contributed by atoms with van der Waals surface area (Å²) in [5, 5.41) is 3.71.